The fraction of sp³-hybridized carbons (Fsp3) is 0.231. The van der Waals surface area contributed by atoms with Crippen LogP contribution >= 0.6 is 11.6 Å². The van der Waals surface area contributed by atoms with E-state index in [0.717, 1.165) is 19.2 Å². The fourth-order valence-electron chi connectivity index (χ4n) is 1.34. The molecule has 7 nitrogen and oxygen atoms in total. The summed E-state index contributed by atoms with van der Waals surface area (Å²) in [6, 6.07) is 1.18. The van der Waals surface area contributed by atoms with Gasteiger partial charge in [0.15, 0.2) is 6.17 Å². The van der Waals surface area contributed by atoms with Crippen LogP contribution < -0.4 is 21.1 Å². The number of nitrogens with one attached hydrogen (secondary N) is 2. The van der Waals surface area contributed by atoms with Crippen LogP contribution in [0.4, 0.5) is 14.9 Å². The molecule has 0 aromatic heterocycles. The molecule has 2 amide bonds. The maximum absolute atomic E-state index is 13.7. The number of carbonyl (C=O) groups is 2. The minimum Gasteiger partial charge on any atom is -0.479 e. The molecule has 0 bridgehead atoms. The van der Waals surface area contributed by atoms with E-state index < -0.39 is 24.0 Å². The number of hydrogen-bond acceptors (Lipinski definition) is 5. The van der Waals surface area contributed by atoms with E-state index in [1.54, 1.807) is 0 Å². The molecule has 1 rings (SSSR count). The molecule has 0 aliphatic rings. The first kappa shape index (κ1) is 17.6. The van der Waals surface area contributed by atoms with Crippen LogP contribution in [0.3, 0.4) is 0 Å². The lowest BCUT2D eigenvalue weighted by Gasteiger charge is -2.14. The third-order valence-corrected chi connectivity index (χ3v) is 2.62. The van der Waals surface area contributed by atoms with Gasteiger partial charge in [0.25, 0.3) is 0 Å². The molecular formula is C13H13ClFN3O4. The number of methoxy groups -OCH3 is 1. The zero-order valence-electron chi connectivity index (χ0n) is 11.5. The Balaban J connectivity index is 2.82. The van der Waals surface area contributed by atoms with E-state index in [4.69, 9.17) is 28.5 Å². The van der Waals surface area contributed by atoms with E-state index in [1.165, 1.54) is 0 Å². The Bertz CT molecular complexity index is 618. The van der Waals surface area contributed by atoms with E-state index >= 15 is 0 Å². The number of benzene rings is 1. The molecule has 0 aliphatic carbocycles. The van der Waals surface area contributed by atoms with Crippen LogP contribution in [0.5, 0.6) is 5.75 Å². The van der Waals surface area contributed by atoms with Crippen molar-refractivity contribution in [1.82, 2.24) is 5.32 Å². The third kappa shape index (κ3) is 4.80. The molecule has 22 heavy (non-hydrogen) atoms. The standard InChI is InChI=1S/C13H13ClFN3O4/c1-3-4-22-10-6-9(8(15)5-7(10)14)17-13(20)18-11(16)12(19)21-2/h1,5-6,11H,4,16H2,2H3,(H2,17,18,20). The van der Waals surface area contributed by atoms with Gasteiger partial charge in [-0.15, -0.1) is 6.42 Å². The van der Waals surface area contributed by atoms with Gasteiger partial charge in [-0.1, -0.05) is 17.5 Å². The largest absolute Gasteiger partial charge is 0.479 e. The number of ether oxygens (including phenoxy) is 2. The van der Waals surface area contributed by atoms with Crippen molar-refractivity contribution in [2.45, 2.75) is 6.17 Å². The SMILES string of the molecule is C#CCOc1cc(NC(=O)NC(N)C(=O)OC)c(F)cc1Cl. The molecule has 0 spiro atoms. The Morgan fingerprint density at radius 2 is 2.23 bits per heavy atom. The zero-order chi connectivity index (χ0) is 16.7. The topological polar surface area (TPSA) is 103 Å². The molecule has 0 saturated heterocycles. The van der Waals surface area contributed by atoms with E-state index in [9.17, 15) is 14.0 Å². The molecule has 0 radical (unpaired) electrons. The highest BCUT2D eigenvalue weighted by Gasteiger charge is 2.18. The van der Waals surface area contributed by atoms with Crippen LogP contribution in [0.25, 0.3) is 0 Å². The van der Waals surface area contributed by atoms with Crippen LogP contribution in [0.2, 0.25) is 5.02 Å². The number of carbonyl (C=O) groups excluding carboxylic acids is 2. The van der Waals surface area contributed by atoms with E-state index in [2.05, 4.69) is 21.3 Å². The number of hydrogen-bond donors (Lipinski definition) is 3. The summed E-state index contributed by atoms with van der Waals surface area (Å²) >= 11 is 5.78. The number of urea groups is 1. The highest BCUT2D eigenvalue weighted by atomic mass is 35.5. The number of halogens is 2. The summed E-state index contributed by atoms with van der Waals surface area (Å²) in [5.74, 6) is 0.650. The van der Waals surface area contributed by atoms with Crippen LogP contribution in [-0.4, -0.2) is 31.9 Å². The van der Waals surface area contributed by atoms with Crippen LogP contribution in [0.1, 0.15) is 0 Å². The Morgan fingerprint density at radius 3 is 2.82 bits per heavy atom. The average molecular weight is 330 g/mol. The van der Waals surface area contributed by atoms with Crippen molar-refractivity contribution in [2.24, 2.45) is 5.73 Å². The van der Waals surface area contributed by atoms with E-state index in [-0.39, 0.29) is 23.1 Å². The molecule has 4 N–H and O–H groups in total. The molecule has 9 heteroatoms. The first-order valence-electron chi connectivity index (χ1n) is 5.85. The summed E-state index contributed by atoms with van der Waals surface area (Å²) in [6.45, 7) is -0.0792. The van der Waals surface area contributed by atoms with Crippen molar-refractivity contribution in [3.63, 3.8) is 0 Å². The molecule has 0 aliphatic heterocycles. The molecule has 0 heterocycles. The van der Waals surface area contributed by atoms with Gasteiger partial charge in [-0.25, -0.2) is 14.0 Å². The molecule has 1 aromatic rings. The second-order valence-electron chi connectivity index (χ2n) is 3.85. The quantitative estimate of drug-likeness (QED) is 0.426. The summed E-state index contributed by atoms with van der Waals surface area (Å²) in [6.07, 6.45) is 3.65. The number of anilines is 1. The highest BCUT2D eigenvalue weighted by Crippen LogP contribution is 2.30. The maximum Gasteiger partial charge on any atom is 0.343 e. The van der Waals surface area contributed by atoms with Gasteiger partial charge in [-0.05, 0) is 6.07 Å². The van der Waals surface area contributed by atoms with Crippen molar-refractivity contribution < 1.29 is 23.5 Å². The second-order valence-corrected chi connectivity index (χ2v) is 4.26. The van der Waals surface area contributed by atoms with Crippen LogP contribution in [-0.2, 0) is 9.53 Å². The molecule has 1 atom stereocenters. The number of nitrogens with two attached hydrogens (primary N) is 1. The Labute approximate surface area is 130 Å². The smallest absolute Gasteiger partial charge is 0.343 e. The molecule has 1 aromatic carbocycles. The average Bonchev–Trinajstić information content (AvgIpc) is 2.47. The Kier molecular flexibility index (Phi) is 6.44. The van der Waals surface area contributed by atoms with Gasteiger partial charge in [-0.2, -0.15) is 0 Å². The number of terminal acetylenes is 1. The van der Waals surface area contributed by atoms with Crippen LogP contribution in [0, 0.1) is 18.2 Å². The predicted octanol–water partition coefficient (Wildman–Crippen LogP) is 1.07. The normalized spacial score (nSPS) is 11.0. The first-order valence-corrected chi connectivity index (χ1v) is 6.23. The van der Waals surface area contributed by atoms with E-state index in [1.807, 2.05) is 0 Å². The van der Waals surface area contributed by atoms with Gasteiger partial charge in [0.1, 0.15) is 18.2 Å². The van der Waals surface area contributed by atoms with Crippen LogP contribution in [0.15, 0.2) is 12.1 Å². The lowest BCUT2D eigenvalue weighted by atomic mass is 10.3. The van der Waals surface area contributed by atoms with E-state index in [0.29, 0.717) is 0 Å². The summed E-state index contributed by atoms with van der Waals surface area (Å²) in [7, 11) is 1.11. The summed E-state index contributed by atoms with van der Waals surface area (Å²) in [5.41, 5.74) is 5.10. The number of amides is 2. The highest BCUT2D eigenvalue weighted by molar-refractivity contribution is 6.32. The van der Waals surface area contributed by atoms with Crippen molar-refractivity contribution in [2.75, 3.05) is 19.0 Å². The van der Waals surface area contributed by atoms with Crippen molar-refractivity contribution >= 4 is 29.3 Å². The molecular weight excluding hydrogens is 317 g/mol. The molecule has 118 valence electrons. The summed E-state index contributed by atoms with van der Waals surface area (Å²) in [5, 5.41) is 4.22. The predicted molar refractivity (Wildman–Crippen MR) is 77.9 cm³/mol. The maximum atomic E-state index is 13.7. The third-order valence-electron chi connectivity index (χ3n) is 2.32. The summed E-state index contributed by atoms with van der Waals surface area (Å²) in [4.78, 5) is 22.7. The molecule has 0 fully saturated rings. The Morgan fingerprint density at radius 1 is 1.55 bits per heavy atom. The van der Waals surface area contributed by atoms with Crippen molar-refractivity contribution in [1.29, 1.82) is 0 Å². The van der Waals surface area contributed by atoms with Gasteiger partial charge in [0.2, 0.25) is 0 Å². The molecule has 0 saturated carbocycles. The minimum atomic E-state index is -1.39. The van der Waals surface area contributed by atoms with Crippen molar-refractivity contribution in [3.05, 3.63) is 23.0 Å². The zero-order valence-corrected chi connectivity index (χ0v) is 12.2. The molecule has 1 unspecified atom stereocenters. The van der Waals surface area contributed by atoms with Gasteiger partial charge in [0.05, 0.1) is 17.8 Å². The second kappa shape index (κ2) is 8.07. The van der Waals surface area contributed by atoms with Crippen molar-refractivity contribution in [3.8, 4) is 18.1 Å². The van der Waals surface area contributed by atoms with Gasteiger partial charge in [-0.3, -0.25) is 0 Å². The first-order chi connectivity index (χ1) is 10.4. The minimum absolute atomic E-state index is 0.00929. The van der Waals surface area contributed by atoms with Gasteiger partial charge in [0, 0.05) is 6.07 Å². The lowest BCUT2D eigenvalue weighted by Crippen LogP contribution is -2.49. The number of rotatable bonds is 5. The number of esters is 1. The monoisotopic (exact) mass is 329 g/mol. The lowest BCUT2D eigenvalue weighted by molar-refractivity contribution is -0.142. The fourth-order valence-corrected chi connectivity index (χ4v) is 1.55. The summed E-state index contributed by atoms with van der Waals surface area (Å²) < 4.78 is 23.2. The van der Waals surface area contributed by atoms with Gasteiger partial charge < -0.3 is 25.8 Å². The Hall–Kier alpha value is -2.50. The van der Waals surface area contributed by atoms with Gasteiger partial charge >= 0.3 is 12.0 Å².